The predicted octanol–water partition coefficient (Wildman–Crippen LogP) is 1.10. The molecule has 1 amide bonds. The van der Waals surface area contributed by atoms with Crippen LogP contribution in [0.15, 0.2) is 36.0 Å². The topological polar surface area (TPSA) is 59.4 Å². The third kappa shape index (κ3) is 4.30. The second kappa shape index (κ2) is 7.57. The van der Waals surface area contributed by atoms with Crippen LogP contribution in [0.1, 0.15) is 5.56 Å². The van der Waals surface area contributed by atoms with E-state index in [4.69, 9.17) is 5.26 Å². The van der Waals surface area contributed by atoms with Gasteiger partial charge in [-0.3, -0.25) is 4.79 Å². The zero-order valence-corrected chi connectivity index (χ0v) is 12.6. The zero-order valence-electron chi connectivity index (χ0n) is 12.6. The molecule has 1 aromatic rings. The van der Waals surface area contributed by atoms with Crippen molar-refractivity contribution in [3.63, 3.8) is 0 Å². The Labute approximate surface area is 129 Å². The lowest BCUT2D eigenvalue weighted by Gasteiger charge is -2.32. The predicted molar refractivity (Wildman–Crippen MR) is 81.0 cm³/mol. The highest BCUT2D eigenvalue weighted by molar-refractivity contribution is 5.97. The summed E-state index contributed by atoms with van der Waals surface area (Å²) in [7, 11) is 2.01. The van der Waals surface area contributed by atoms with Crippen molar-refractivity contribution in [2.45, 2.75) is 6.54 Å². The van der Waals surface area contributed by atoms with Crippen LogP contribution in [0.3, 0.4) is 0 Å². The minimum atomic E-state index is -0.290. The first kappa shape index (κ1) is 16.0. The molecule has 116 valence electrons. The van der Waals surface area contributed by atoms with Gasteiger partial charge in [-0.05, 0) is 24.7 Å². The summed E-state index contributed by atoms with van der Waals surface area (Å²) < 4.78 is 12.8. The van der Waals surface area contributed by atoms with Crippen LogP contribution in [0.2, 0.25) is 0 Å². The van der Waals surface area contributed by atoms with Gasteiger partial charge in [-0.1, -0.05) is 12.1 Å². The third-order valence-corrected chi connectivity index (χ3v) is 3.61. The maximum atomic E-state index is 12.8. The van der Waals surface area contributed by atoms with Gasteiger partial charge in [0, 0.05) is 38.9 Å². The van der Waals surface area contributed by atoms with E-state index in [1.807, 2.05) is 13.1 Å². The van der Waals surface area contributed by atoms with E-state index in [9.17, 15) is 9.18 Å². The van der Waals surface area contributed by atoms with Crippen LogP contribution in [-0.4, -0.2) is 48.9 Å². The Kier molecular flexibility index (Phi) is 5.50. The molecule has 1 aromatic carbocycles. The first-order valence-electron chi connectivity index (χ1n) is 7.16. The second-order valence-electron chi connectivity index (χ2n) is 5.27. The first-order valence-corrected chi connectivity index (χ1v) is 7.16. The molecular weight excluding hydrogens is 283 g/mol. The summed E-state index contributed by atoms with van der Waals surface area (Å²) in [6.07, 6.45) is 1.43. The number of nitrogens with zero attached hydrogens (tertiary/aromatic N) is 3. The highest BCUT2D eigenvalue weighted by atomic mass is 19.1. The number of piperazine rings is 1. The molecule has 0 radical (unpaired) electrons. The molecule has 1 N–H and O–H groups in total. The molecule has 1 fully saturated rings. The van der Waals surface area contributed by atoms with Gasteiger partial charge in [-0.2, -0.15) is 5.26 Å². The zero-order chi connectivity index (χ0) is 15.9. The van der Waals surface area contributed by atoms with Gasteiger partial charge in [0.25, 0.3) is 5.91 Å². The Balaban J connectivity index is 1.91. The van der Waals surface area contributed by atoms with Crippen molar-refractivity contribution in [1.82, 2.24) is 15.1 Å². The van der Waals surface area contributed by atoms with Gasteiger partial charge in [-0.25, -0.2) is 4.39 Å². The summed E-state index contributed by atoms with van der Waals surface area (Å²) >= 11 is 0. The molecule has 0 unspecified atom stereocenters. The number of hydrogen-bond acceptors (Lipinski definition) is 4. The van der Waals surface area contributed by atoms with Gasteiger partial charge in [0.2, 0.25) is 0 Å². The number of rotatable bonds is 4. The van der Waals surface area contributed by atoms with Crippen LogP contribution in [0.25, 0.3) is 0 Å². The fraction of sp³-hybridized carbons (Fsp3) is 0.375. The van der Waals surface area contributed by atoms with E-state index in [1.165, 1.54) is 18.3 Å². The number of nitrogens with one attached hydrogen (secondary N) is 1. The summed E-state index contributed by atoms with van der Waals surface area (Å²) in [6, 6.07) is 8.01. The molecule has 0 spiro atoms. The molecule has 0 bridgehead atoms. The fourth-order valence-electron chi connectivity index (χ4n) is 2.19. The Morgan fingerprint density at radius 3 is 2.55 bits per heavy atom. The molecule has 2 rings (SSSR count). The van der Waals surface area contributed by atoms with Crippen molar-refractivity contribution < 1.29 is 9.18 Å². The molecule has 0 aromatic heterocycles. The minimum Gasteiger partial charge on any atom is -0.386 e. The van der Waals surface area contributed by atoms with Crippen molar-refractivity contribution in [3.05, 3.63) is 47.4 Å². The maximum absolute atomic E-state index is 12.8. The van der Waals surface area contributed by atoms with Crippen LogP contribution in [-0.2, 0) is 11.3 Å². The van der Waals surface area contributed by atoms with Crippen molar-refractivity contribution in [3.8, 4) is 6.07 Å². The van der Waals surface area contributed by atoms with Crippen LogP contribution in [0.5, 0.6) is 0 Å². The van der Waals surface area contributed by atoms with E-state index in [0.717, 1.165) is 18.7 Å². The average Bonchev–Trinajstić information content (AvgIpc) is 2.53. The molecule has 0 atom stereocenters. The molecular formula is C16H19FN4O. The molecule has 6 heteroatoms. The number of nitriles is 1. The van der Waals surface area contributed by atoms with Crippen molar-refractivity contribution >= 4 is 5.91 Å². The Morgan fingerprint density at radius 1 is 1.32 bits per heavy atom. The summed E-state index contributed by atoms with van der Waals surface area (Å²) in [5.41, 5.74) is 0.966. The fourth-order valence-corrected chi connectivity index (χ4v) is 2.19. The number of hydrogen-bond donors (Lipinski definition) is 1. The number of likely N-dealkylation sites (N-methyl/N-ethyl adjacent to an activating group) is 1. The summed E-state index contributed by atoms with van der Waals surface area (Å²) in [5, 5.41) is 12.1. The van der Waals surface area contributed by atoms with Crippen molar-refractivity contribution in [2.24, 2.45) is 0 Å². The first-order chi connectivity index (χ1) is 10.6. The lowest BCUT2D eigenvalue weighted by Crippen LogP contribution is -2.47. The monoisotopic (exact) mass is 302 g/mol. The van der Waals surface area contributed by atoms with Gasteiger partial charge < -0.3 is 15.1 Å². The largest absolute Gasteiger partial charge is 0.386 e. The summed E-state index contributed by atoms with van der Waals surface area (Å²) in [4.78, 5) is 16.1. The molecule has 22 heavy (non-hydrogen) atoms. The third-order valence-electron chi connectivity index (χ3n) is 3.61. The van der Waals surface area contributed by atoms with Crippen LogP contribution >= 0.6 is 0 Å². The van der Waals surface area contributed by atoms with E-state index < -0.39 is 0 Å². The van der Waals surface area contributed by atoms with E-state index >= 15 is 0 Å². The van der Waals surface area contributed by atoms with Crippen LogP contribution < -0.4 is 5.32 Å². The summed E-state index contributed by atoms with van der Waals surface area (Å²) in [5.74, 6) is -0.538. The number of carbonyl (C=O) groups excluding carboxylic acids is 1. The van der Waals surface area contributed by atoms with E-state index in [2.05, 4.69) is 10.2 Å². The van der Waals surface area contributed by atoms with Gasteiger partial charge in [0.1, 0.15) is 17.5 Å². The molecule has 1 heterocycles. The Morgan fingerprint density at radius 2 is 1.95 bits per heavy atom. The molecule has 0 saturated carbocycles. The van der Waals surface area contributed by atoms with E-state index in [-0.39, 0.29) is 17.3 Å². The lowest BCUT2D eigenvalue weighted by molar-refractivity contribution is -0.128. The maximum Gasteiger partial charge on any atom is 0.266 e. The standard InChI is InChI=1S/C16H19FN4O/c1-20-6-8-21(9-7-20)16(22)14(10-18)12-19-11-13-2-4-15(17)5-3-13/h2-5,12,19H,6-9,11H2,1H3/b14-12-. The SMILES string of the molecule is CN1CCN(C(=O)/C(C#N)=C\NCc2ccc(F)cc2)CC1. The minimum absolute atomic E-state index is 0.0895. The number of halogens is 1. The number of benzene rings is 1. The smallest absolute Gasteiger partial charge is 0.266 e. The number of carbonyl (C=O) groups is 1. The lowest BCUT2D eigenvalue weighted by atomic mass is 10.2. The van der Waals surface area contributed by atoms with Crippen molar-refractivity contribution in [1.29, 1.82) is 5.26 Å². The molecule has 1 saturated heterocycles. The highest BCUT2D eigenvalue weighted by Gasteiger charge is 2.21. The van der Waals surface area contributed by atoms with Crippen LogP contribution in [0, 0.1) is 17.1 Å². The quantitative estimate of drug-likeness (QED) is 0.668. The van der Waals surface area contributed by atoms with Crippen molar-refractivity contribution in [2.75, 3.05) is 33.2 Å². The van der Waals surface area contributed by atoms with Crippen LogP contribution in [0.4, 0.5) is 4.39 Å². The van der Waals surface area contributed by atoms with E-state index in [1.54, 1.807) is 17.0 Å². The Bertz CT molecular complexity index is 583. The molecule has 5 nitrogen and oxygen atoms in total. The van der Waals surface area contributed by atoms with Gasteiger partial charge >= 0.3 is 0 Å². The Hall–Kier alpha value is -2.39. The van der Waals surface area contributed by atoms with Gasteiger partial charge in [0.05, 0.1) is 0 Å². The highest BCUT2D eigenvalue weighted by Crippen LogP contribution is 2.06. The summed E-state index contributed by atoms with van der Waals surface area (Å²) in [6.45, 7) is 3.32. The second-order valence-corrected chi connectivity index (χ2v) is 5.27. The molecule has 0 aliphatic carbocycles. The van der Waals surface area contributed by atoms with E-state index in [0.29, 0.717) is 19.6 Å². The van der Waals surface area contributed by atoms with Gasteiger partial charge in [-0.15, -0.1) is 0 Å². The molecule has 1 aliphatic rings. The normalized spacial score (nSPS) is 16.2. The molecule has 1 aliphatic heterocycles. The number of amides is 1. The van der Waals surface area contributed by atoms with Gasteiger partial charge in [0.15, 0.2) is 0 Å². The average molecular weight is 302 g/mol.